The van der Waals surface area contributed by atoms with E-state index in [0.29, 0.717) is 6.54 Å². The van der Waals surface area contributed by atoms with Crippen molar-refractivity contribution >= 4 is 22.2 Å². The van der Waals surface area contributed by atoms with E-state index in [1.54, 1.807) is 11.3 Å². The Morgan fingerprint density at radius 1 is 1.07 bits per heavy atom. The third kappa shape index (κ3) is 4.88. The smallest absolute Gasteiger partial charge is 0.128 e. The highest BCUT2D eigenvalue weighted by Crippen LogP contribution is 2.32. The predicted molar refractivity (Wildman–Crippen MR) is 121 cm³/mol. The van der Waals surface area contributed by atoms with Crippen molar-refractivity contribution < 1.29 is 9.84 Å². The summed E-state index contributed by atoms with van der Waals surface area (Å²) in [6.45, 7) is 2.89. The van der Waals surface area contributed by atoms with E-state index in [1.165, 1.54) is 15.8 Å². The Bertz CT molecular complexity index is 1040. The molecule has 0 fully saturated rings. The van der Waals surface area contributed by atoms with Crippen molar-refractivity contribution in [3.05, 3.63) is 77.8 Å². The van der Waals surface area contributed by atoms with E-state index in [2.05, 4.69) is 59.1 Å². The Morgan fingerprint density at radius 3 is 2.76 bits per heavy atom. The Hall–Kier alpha value is -2.60. The van der Waals surface area contributed by atoms with Gasteiger partial charge in [-0.05, 0) is 48.6 Å². The van der Waals surface area contributed by atoms with Gasteiger partial charge in [0.15, 0.2) is 0 Å². The average Bonchev–Trinajstić information content (AvgIpc) is 3.42. The summed E-state index contributed by atoms with van der Waals surface area (Å²) in [6, 6.07) is 20.7. The number of fused-ring (bicyclic) bond motifs is 1. The molecule has 2 heterocycles. The molecule has 0 aliphatic heterocycles. The molecular weight excluding hydrogens is 380 g/mol. The maximum Gasteiger partial charge on any atom is 0.128 e. The van der Waals surface area contributed by atoms with Gasteiger partial charge < -0.3 is 20.1 Å². The first-order valence-corrected chi connectivity index (χ1v) is 10.8. The maximum absolute atomic E-state index is 10.4. The van der Waals surface area contributed by atoms with Crippen LogP contribution in [0.25, 0.3) is 21.3 Å². The molecular formula is C24H26N2O2S. The molecule has 2 aromatic heterocycles. The second-order valence-electron chi connectivity index (χ2n) is 7.31. The first-order valence-electron chi connectivity index (χ1n) is 9.93. The van der Waals surface area contributed by atoms with Crippen molar-refractivity contribution in [3.8, 4) is 16.2 Å². The van der Waals surface area contributed by atoms with Crippen LogP contribution in [-0.2, 0) is 6.42 Å². The molecule has 0 saturated heterocycles. The zero-order valence-corrected chi connectivity index (χ0v) is 17.3. The molecule has 0 spiro atoms. The van der Waals surface area contributed by atoms with Gasteiger partial charge in [-0.2, -0.15) is 0 Å². The minimum absolute atomic E-state index is 0.252. The van der Waals surface area contributed by atoms with Crippen LogP contribution in [0.4, 0.5) is 0 Å². The molecule has 2 atom stereocenters. The van der Waals surface area contributed by atoms with Crippen LogP contribution in [0.3, 0.4) is 0 Å². The topological polar surface area (TPSA) is 57.3 Å². The number of ether oxygens (including phenoxy) is 1. The zero-order chi connectivity index (χ0) is 20.1. The quantitative estimate of drug-likeness (QED) is 0.372. The highest BCUT2D eigenvalue weighted by Gasteiger charge is 2.12. The number of para-hydroxylation sites is 2. The molecule has 0 bridgehead atoms. The van der Waals surface area contributed by atoms with Gasteiger partial charge >= 0.3 is 0 Å². The number of hydrogen-bond acceptors (Lipinski definition) is 4. The normalized spacial score (nSPS) is 13.4. The summed E-state index contributed by atoms with van der Waals surface area (Å²) < 4.78 is 5.93. The Labute approximate surface area is 175 Å². The van der Waals surface area contributed by atoms with Crippen LogP contribution < -0.4 is 10.1 Å². The van der Waals surface area contributed by atoms with Crippen LogP contribution in [0.1, 0.15) is 12.5 Å². The maximum atomic E-state index is 10.4. The average molecular weight is 407 g/mol. The van der Waals surface area contributed by atoms with Gasteiger partial charge in [-0.1, -0.05) is 36.4 Å². The number of hydrogen-bond donors (Lipinski definition) is 3. The number of H-pyrrole nitrogens is 1. The number of nitrogens with one attached hydrogen (secondary N) is 2. The third-order valence-corrected chi connectivity index (χ3v) is 5.91. The number of thiophene rings is 1. The van der Waals surface area contributed by atoms with Gasteiger partial charge in [0.1, 0.15) is 18.5 Å². The molecule has 0 unspecified atom stereocenters. The van der Waals surface area contributed by atoms with Crippen molar-refractivity contribution in [2.24, 2.45) is 0 Å². The van der Waals surface area contributed by atoms with Crippen molar-refractivity contribution in [2.75, 3.05) is 13.2 Å². The summed E-state index contributed by atoms with van der Waals surface area (Å²) in [7, 11) is 0. The molecule has 5 heteroatoms. The molecule has 0 saturated carbocycles. The van der Waals surface area contributed by atoms with Crippen LogP contribution in [0.15, 0.2) is 72.2 Å². The number of rotatable bonds is 9. The fraction of sp³-hybridized carbons (Fsp3) is 0.250. The van der Waals surface area contributed by atoms with Gasteiger partial charge in [0.05, 0.1) is 0 Å². The monoisotopic (exact) mass is 406 g/mol. The number of benzene rings is 2. The molecule has 29 heavy (non-hydrogen) atoms. The summed E-state index contributed by atoms with van der Waals surface area (Å²) in [5, 5.41) is 17.1. The number of aromatic nitrogens is 1. The van der Waals surface area contributed by atoms with Gasteiger partial charge in [-0.3, -0.25) is 0 Å². The second kappa shape index (κ2) is 9.27. The van der Waals surface area contributed by atoms with Gasteiger partial charge in [0.25, 0.3) is 0 Å². The van der Waals surface area contributed by atoms with E-state index < -0.39 is 6.10 Å². The Balaban J connectivity index is 1.28. The van der Waals surface area contributed by atoms with Crippen molar-refractivity contribution in [2.45, 2.75) is 25.5 Å². The SMILES string of the molecule is C[C@H](Cc1c[nH]c2ccccc12)NC[C@H](O)COc1ccccc1-c1cccs1. The van der Waals surface area contributed by atoms with Crippen molar-refractivity contribution in [1.82, 2.24) is 10.3 Å². The molecule has 4 rings (SSSR count). The number of aliphatic hydroxyl groups is 1. The lowest BCUT2D eigenvalue weighted by atomic mass is 10.1. The molecule has 4 aromatic rings. The van der Waals surface area contributed by atoms with E-state index in [4.69, 9.17) is 4.74 Å². The molecule has 3 N–H and O–H groups in total. The van der Waals surface area contributed by atoms with Gasteiger partial charge in [0.2, 0.25) is 0 Å². The Kier molecular flexibility index (Phi) is 6.30. The summed E-state index contributed by atoms with van der Waals surface area (Å²) in [4.78, 5) is 4.48. The summed E-state index contributed by atoms with van der Waals surface area (Å²) in [6.07, 6.45) is 2.40. The minimum Gasteiger partial charge on any atom is -0.490 e. The molecule has 2 aromatic carbocycles. The lowest BCUT2D eigenvalue weighted by Gasteiger charge is -2.18. The van der Waals surface area contributed by atoms with Crippen LogP contribution in [-0.4, -0.2) is 35.4 Å². The van der Waals surface area contributed by atoms with Gasteiger partial charge in [-0.15, -0.1) is 11.3 Å². The second-order valence-corrected chi connectivity index (χ2v) is 8.26. The highest BCUT2D eigenvalue weighted by atomic mass is 32.1. The van der Waals surface area contributed by atoms with E-state index >= 15 is 0 Å². The molecule has 150 valence electrons. The summed E-state index contributed by atoms with van der Waals surface area (Å²) in [5.41, 5.74) is 3.51. The standard InChI is InChI=1S/C24H26N2O2S/c1-17(13-18-14-26-22-9-4-2-7-20(18)22)25-15-19(27)16-28-23-10-5-3-8-21(23)24-11-6-12-29-24/h2-12,14,17,19,25-27H,13,15-16H2,1H3/t17-,19+/m1/s1. The van der Waals surface area contributed by atoms with E-state index in [9.17, 15) is 5.11 Å². The van der Waals surface area contributed by atoms with Crippen molar-refractivity contribution in [1.29, 1.82) is 0 Å². The minimum atomic E-state index is -0.572. The fourth-order valence-corrected chi connectivity index (χ4v) is 4.27. The lowest BCUT2D eigenvalue weighted by molar-refractivity contribution is 0.104. The number of aromatic amines is 1. The predicted octanol–water partition coefficient (Wildman–Crippen LogP) is 4.86. The van der Waals surface area contributed by atoms with Crippen LogP contribution in [0.2, 0.25) is 0 Å². The first-order chi connectivity index (χ1) is 14.2. The molecule has 0 amide bonds. The summed E-state index contributed by atoms with van der Waals surface area (Å²) in [5.74, 6) is 0.806. The molecule has 0 radical (unpaired) electrons. The zero-order valence-electron chi connectivity index (χ0n) is 16.5. The number of aliphatic hydroxyl groups excluding tert-OH is 1. The molecule has 0 aliphatic carbocycles. The molecule has 4 nitrogen and oxygen atoms in total. The van der Waals surface area contributed by atoms with Crippen molar-refractivity contribution in [3.63, 3.8) is 0 Å². The first kappa shape index (κ1) is 19.7. The van der Waals surface area contributed by atoms with Crippen LogP contribution in [0.5, 0.6) is 5.75 Å². The van der Waals surface area contributed by atoms with E-state index in [0.717, 1.165) is 23.3 Å². The van der Waals surface area contributed by atoms with Crippen LogP contribution in [0, 0.1) is 0 Å². The highest BCUT2D eigenvalue weighted by molar-refractivity contribution is 7.13. The van der Waals surface area contributed by atoms with Gasteiger partial charge in [-0.25, -0.2) is 0 Å². The van der Waals surface area contributed by atoms with E-state index in [-0.39, 0.29) is 12.6 Å². The summed E-state index contributed by atoms with van der Waals surface area (Å²) >= 11 is 1.68. The largest absolute Gasteiger partial charge is 0.490 e. The van der Waals surface area contributed by atoms with Crippen LogP contribution >= 0.6 is 11.3 Å². The van der Waals surface area contributed by atoms with E-state index in [1.807, 2.05) is 30.3 Å². The Morgan fingerprint density at radius 2 is 1.90 bits per heavy atom. The van der Waals surface area contributed by atoms with Gasteiger partial charge in [0, 0.05) is 40.1 Å². The third-order valence-electron chi connectivity index (χ3n) is 5.01. The lowest BCUT2D eigenvalue weighted by Crippen LogP contribution is -2.37. The fourth-order valence-electron chi connectivity index (χ4n) is 3.51. The molecule has 0 aliphatic rings.